The fourth-order valence-electron chi connectivity index (χ4n) is 8.62. The van der Waals surface area contributed by atoms with Gasteiger partial charge in [0, 0.05) is 41.3 Å². The molecule has 64 heavy (non-hydrogen) atoms. The lowest BCUT2D eigenvalue weighted by molar-refractivity contribution is -0.319. The molecule has 22 heteroatoms. The molecule has 15 atom stereocenters. The van der Waals surface area contributed by atoms with E-state index >= 15 is 0 Å². The summed E-state index contributed by atoms with van der Waals surface area (Å²) in [6, 6.07) is 9.89. The van der Waals surface area contributed by atoms with Crippen LogP contribution in [0.15, 0.2) is 54.6 Å². The lowest BCUT2D eigenvalue weighted by Gasteiger charge is -2.46. The predicted octanol–water partition coefficient (Wildman–Crippen LogP) is -1.36. The lowest BCUT2D eigenvalue weighted by atomic mass is 9.77. The van der Waals surface area contributed by atoms with Crippen molar-refractivity contribution in [2.45, 2.75) is 98.2 Å². The highest BCUT2D eigenvalue weighted by molar-refractivity contribution is 5.66. The Bertz CT molecular complexity index is 2360. The first-order chi connectivity index (χ1) is 30.4. The van der Waals surface area contributed by atoms with E-state index in [0.717, 1.165) is 42.5 Å². The van der Waals surface area contributed by atoms with Gasteiger partial charge in [-0.25, -0.2) is 0 Å². The molecule has 0 saturated carbocycles. The van der Waals surface area contributed by atoms with Gasteiger partial charge in [-0.1, -0.05) is 12.1 Å². The Hall–Kier alpha value is -5.60. The number of aliphatic hydroxyl groups excluding tert-OH is 8. The average molecular weight is 903 g/mol. The topological polar surface area (TPSA) is 379 Å². The minimum atomic E-state index is -2.03. The summed E-state index contributed by atoms with van der Waals surface area (Å²) < 4.78 is 36.8. The van der Waals surface area contributed by atoms with Gasteiger partial charge in [-0.15, -0.1) is 0 Å². The van der Waals surface area contributed by atoms with Crippen LogP contribution in [0, 0.1) is 0 Å². The van der Waals surface area contributed by atoms with Crippen LogP contribution in [0.3, 0.4) is 0 Å². The predicted molar refractivity (Wildman–Crippen MR) is 209 cm³/mol. The van der Waals surface area contributed by atoms with Crippen molar-refractivity contribution in [1.29, 1.82) is 0 Å². The summed E-state index contributed by atoms with van der Waals surface area (Å²) in [5.41, 5.74) is -0.562. The zero-order chi connectivity index (χ0) is 46.0. The number of ether oxygens (including phenoxy) is 6. The summed E-state index contributed by atoms with van der Waals surface area (Å²) >= 11 is 0. The molecule has 346 valence electrons. The van der Waals surface area contributed by atoms with Gasteiger partial charge in [0.15, 0.2) is 47.8 Å². The van der Waals surface area contributed by atoms with Crippen molar-refractivity contribution in [3.8, 4) is 57.5 Å². The number of phenols is 8. The maximum absolute atomic E-state index is 12.0. The zero-order valence-electron chi connectivity index (χ0n) is 33.1. The van der Waals surface area contributed by atoms with Crippen molar-refractivity contribution < 1.29 is 110 Å². The van der Waals surface area contributed by atoms with E-state index in [1.807, 2.05) is 0 Å². The van der Waals surface area contributed by atoms with E-state index in [2.05, 4.69) is 0 Å². The molecule has 4 aromatic rings. The molecule has 0 unspecified atom stereocenters. The third-order valence-electron chi connectivity index (χ3n) is 11.9. The first kappa shape index (κ1) is 45.0. The lowest BCUT2D eigenvalue weighted by Crippen LogP contribution is -2.60. The van der Waals surface area contributed by atoms with E-state index < -0.39 is 157 Å². The van der Waals surface area contributed by atoms with Gasteiger partial charge in [0.2, 0.25) is 0 Å². The first-order valence-electron chi connectivity index (χ1n) is 19.8. The fourth-order valence-corrected chi connectivity index (χ4v) is 8.62. The SMILES string of the molecule is OC[C@H]1O[C@@H](O[C@@H]2[C@@H](c3c(O)cc(O)c4c3O[C@H](c3ccc(O)c(O)c3)[C@@H](O[C@@H]3O[C@H](CO)[C@@H](O)[C@H](O)[C@H]3O)C4)c3c(O)cc(O)cc3O[C@H]2c2ccc(O)c(O)c2)[C@H](O)[C@@H](O)[C@@H]1O. The van der Waals surface area contributed by atoms with Crippen LogP contribution in [0.25, 0.3) is 0 Å². The van der Waals surface area contributed by atoms with Crippen LogP contribution in [-0.2, 0) is 25.4 Å². The highest BCUT2D eigenvalue weighted by Gasteiger charge is 2.53. The molecule has 0 amide bonds. The van der Waals surface area contributed by atoms with Crippen molar-refractivity contribution in [1.82, 2.24) is 0 Å². The third-order valence-corrected chi connectivity index (χ3v) is 11.9. The molecule has 0 radical (unpaired) electrons. The fraction of sp³-hybridized carbons (Fsp3) is 0.429. The molecule has 16 N–H and O–H groups in total. The van der Waals surface area contributed by atoms with E-state index in [9.17, 15) is 81.7 Å². The molecule has 0 spiro atoms. The second kappa shape index (κ2) is 17.4. The normalized spacial score (nSPS) is 33.7. The molecule has 0 bridgehead atoms. The Kier molecular flexibility index (Phi) is 12.2. The largest absolute Gasteiger partial charge is 0.508 e. The molecule has 2 saturated heterocycles. The van der Waals surface area contributed by atoms with E-state index in [4.69, 9.17) is 28.4 Å². The van der Waals surface area contributed by atoms with Crippen molar-refractivity contribution in [2.75, 3.05) is 13.2 Å². The number of phenolic OH excluding ortho intramolecular Hbond substituents is 8. The standard InChI is InChI=1S/C42H46O22/c43-11-26-31(53)33(55)35(57)41(61-26)60-25-9-16-19(48)10-23(52)29(39(16)63-37(25)13-1-3-17(46)20(49)5-13)30-28-22(51)7-15(45)8-24(28)59-38(14-2-4-18(47)21(50)6-14)40(30)64-42-36(58)34(56)32(54)27(12-44)62-42/h1-8,10,25-27,30-38,40-58H,9,11-12H2/t25-,26+,27+,30+,31+,32+,33-,34-,35+,36+,37+,38-,40+,41+,42-/m0/s1. The van der Waals surface area contributed by atoms with Gasteiger partial charge in [0.25, 0.3) is 0 Å². The molecule has 4 heterocycles. The molecule has 8 rings (SSSR count). The van der Waals surface area contributed by atoms with Crippen LogP contribution in [-0.4, -0.2) is 169 Å². The minimum Gasteiger partial charge on any atom is -0.508 e. The molecule has 2 fully saturated rings. The highest BCUT2D eigenvalue weighted by atomic mass is 16.7. The van der Waals surface area contributed by atoms with Crippen LogP contribution < -0.4 is 9.47 Å². The average Bonchev–Trinajstić information content (AvgIpc) is 3.26. The Morgan fingerprint density at radius 2 is 1.03 bits per heavy atom. The molecule has 4 aliphatic heterocycles. The van der Waals surface area contributed by atoms with Gasteiger partial charge in [0.1, 0.15) is 95.5 Å². The van der Waals surface area contributed by atoms with Gasteiger partial charge in [-0.05, 0) is 35.4 Å². The second-order valence-electron chi connectivity index (χ2n) is 15.9. The minimum absolute atomic E-state index is 0.0295. The third kappa shape index (κ3) is 7.86. The highest BCUT2D eigenvalue weighted by Crippen LogP contribution is 2.59. The molecule has 0 aromatic heterocycles. The molecule has 4 aromatic carbocycles. The Morgan fingerprint density at radius 3 is 1.58 bits per heavy atom. The van der Waals surface area contributed by atoms with Crippen LogP contribution in [0.5, 0.6) is 57.5 Å². The van der Waals surface area contributed by atoms with Gasteiger partial charge in [0.05, 0.1) is 19.1 Å². The monoisotopic (exact) mass is 902 g/mol. The summed E-state index contributed by atoms with van der Waals surface area (Å²) in [5.74, 6) is -7.14. The Balaban J connectivity index is 1.33. The summed E-state index contributed by atoms with van der Waals surface area (Å²) in [5, 5.41) is 172. The van der Waals surface area contributed by atoms with Crippen LogP contribution >= 0.6 is 0 Å². The molecule has 0 aliphatic carbocycles. The smallest absolute Gasteiger partial charge is 0.187 e. The number of hydrogen-bond donors (Lipinski definition) is 16. The number of aliphatic hydroxyl groups is 8. The summed E-state index contributed by atoms with van der Waals surface area (Å²) in [4.78, 5) is 0. The van der Waals surface area contributed by atoms with E-state index in [0.29, 0.717) is 0 Å². The van der Waals surface area contributed by atoms with Crippen molar-refractivity contribution in [2.24, 2.45) is 0 Å². The molecular weight excluding hydrogens is 856 g/mol. The van der Waals surface area contributed by atoms with Crippen LogP contribution in [0.4, 0.5) is 0 Å². The van der Waals surface area contributed by atoms with Crippen LogP contribution in [0.2, 0.25) is 0 Å². The van der Waals surface area contributed by atoms with Gasteiger partial charge < -0.3 is 110 Å². The van der Waals surface area contributed by atoms with Crippen LogP contribution in [0.1, 0.15) is 45.9 Å². The zero-order valence-corrected chi connectivity index (χ0v) is 33.1. The van der Waals surface area contributed by atoms with Gasteiger partial charge in [-0.2, -0.15) is 0 Å². The first-order valence-corrected chi connectivity index (χ1v) is 19.8. The van der Waals surface area contributed by atoms with E-state index in [1.54, 1.807) is 0 Å². The van der Waals surface area contributed by atoms with E-state index in [1.165, 1.54) is 12.1 Å². The van der Waals surface area contributed by atoms with Gasteiger partial charge in [-0.3, -0.25) is 0 Å². The number of hydrogen-bond acceptors (Lipinski definition) is 22. The molecule has 22 nitrogen and oxygen atoms in total. The Labute approximate surface area is 361 Å². The molecule has 4 aliphatic rings. The second-order valence-corrected chi connectivity index (χ2v) is 15.9. The van der Waals surface area contributed by atoms with Crippen molar-refractivity contribution in [3.63, 3.8) is 0 Å². The number of fused-ring (bicyclic) bond motifs is 2. The van der Waals surface area contributed by atoms with E-state index in [-0.39, 0.29) is 39.3 Å². The maximum Gasteiger partial charge on any atom is 0.187 e. The van der Waals surface area contributed by atoms with Gasteiger partial charge >= 0.3 is 0 Å². The Morgan fingerprint density at radius 1 is 0.500 bits per heavy atom. The summed E-state index contributed by atoms with van der Waals surface area (Å²) in [6.07, 6.45) is -24.5. The quantitative estimate of drug-likeness (QED) is 0.0863. The summed E-state index contributed by atoms with van der Waals surface area (Å²) in [6.45, 7) is -1.67. The number of benzene rings is 4. The molecular formula is C42H46O22. The van der Waals surface area contributed by atoms with Crippen molar-refractivity contribution >= 4 is 0 Å². The summed E-state index contributed by atoms with van der Waals surface area (Å²) in [7, 11) is 0. The van der Waals surface area contributed by atoms with Crippen molar-refractivity contribution in [3.05, 3.63) is 82.4 Å². The number of aromatic hydroxyl groups is 8. The maximum atomic E-state index is 12.0. The number of rotatable bonds is 9.